The highest BCUT2D eigenvalue weighted by atomic mass is 16.5. The van der Waals surface area contributed by atoms with E-state index in [0.29, 0.717) is 0 Å². The quantitative estimate of drug-likeness (QED) is 0.822. The molecule has 18 heavy (non-hydrogen) atoms. The second-order valence-corrected chi connectivity index (χ2v) is 4.94. The zero-order chi connectivity index (χ0) is 11.9. The number of ether oxygens (including phenoxy) is 1. The monoisotopic (exact) mass is 237 g/mol. The van der Waals surface area contributed by atoms with Crippen LogP contribution in [0.1, 0.15) is 11.1 Å². The molecule has 0 saturated heterocycles. The minimum Gasteiger partial charge on any atom is -0.492 e. The van der Waals surface area contributed by atoms with Crippen molar-refractivity contribution < 1.29 is 4.74 Å². The Labute approximate surface area is 107 Å². The van der Waals surface area contributed by atoms with Gasteiger partial charge in [-0.15, -0.1) is 0 Å². The first-order valence-corrected chi connectivity index (χ1v) is 6.54. The van der Waals surface area contributed by atoms with Crippen molar-refractivity contribution in [1.29, 1.82) is 0 Å². The fraction of sp³-hybridized carbons (Fsp3) is 0.250. The molecule has 0 aliphatic carbocycles. The van der Waals surface area contributed by atoms with Gasteiger partial charge in [0, 0.05) is 24.2 Å². The highest BCUT2D eigenvalue weighted by molar-refractivity contribution is 5.77. The highest BCUT2D eigenvalue weighted by Crippen LogP contribution is 2.38. The summed E-state index contributed by atoms with van der Waals surface area (Å²) >= 11 is 0. The van der Waals surface area contributed by atoms with Gasteiger partial charge in [0.15, 0.2) is 0 Å². The Balaban J connectivity index is 1.86. The molecule has 0 atom stereocenters. The van der Waals surface area contributed by atoms with Crippen molar-refractivity contribution in [2.75, 3.05) is 18.5 Å². The Hall–Kier alpha value is -1.96. The van der Waals surface area contributed by atoms with Crippen molar-refractivity contribution in [3.63, 3.8) is 0 Å². The van der Waals surface area contributed by atoms with Crippen molar-refractivity contribution in [1.82, 2.24) is 0 Å². The van der Waals surface area contributed by atoms with Crippen LogP contribution in [0.25, 0.3) is 11.1 Å². The number of fused-ring (bicyclic) bond motifs is 2. The Morgan fingerprint density at radius 3 is 3.00 bits per heavy atom. The first-order valence-electron chi connectivity index (χ1n) is 6.54. The summed E-state index contributed by atoms with van der Waals surface area (Å²) in [5.41, 5.74) is 6.51. The van der Waals surface area contributed by atoms with E-state index in [1.165, 1.54) is 27.9 Å². The molecule has 0 saturated carbocycles. The van der Waals surface area contributed by atoms with Crippen molar-refractivity contribution in [3.8, 4) is 16.9 Å². The van der Waals surface area contributed by atoms with E-state index in [1.54, 1.807) is 0 Å². The van der Waals surface area contributed by atoms with Crippen LogP contribution in [0.3, 0.4) is 0 Å². The van der Waals surface area contributed by atoms with E-state index in [1.807, 2.05) is 0 Å². The van der Waals surface area contributed by atoms with E-state index in [9.17, 15) is 0 Å². The van der Waals surface area contributed by atoms with Gasteiger partial charge in [0.05, 0.1) is 6.61 Å². The van der Waals surface area contributed by atoms with Crippen molar-refractivity contribution in [2.24, 2.45) is 0 Å². The maximum atomic E-state index is 5.78. The topological polar surface area (TPSA) is 21.3 Å². The fourth-order valence-electron chi connectivity index (χ4n) is 2.90. The third-order valence-electron chi connectivity index (χ3n) is 3.85. The number of anilines is 1. The van der Waals surface area contributed by atoms with Crippen LogP contribution in [0, 0.1) is 0 Å². The molecule has 0 fully saturated rings. The standard InChI is InChI=1S/C16H15NO/c1-2-12-7-9-18-16(12)14(3-1)13-5-4-11-6-8-17-15(11)10-13/h1-5,10,17H,6-9H2. The van der Waals surface area contributed by atoms with Crippen LogP contribution in [-0.4, -0.2) is 13.2 Å². The largest absolute Gasteiger partial charge is 0.492 e. The number of benzene rings is 2. The molecule has 0 radical (unpaired) electrons. The van der Waals surface area contributed by atoms with Crippen LogP contribution >= 0.6 is 0 Å². The van der Waals surface area contributed by atoms with Gasteiger partial charge in [-0.05, 0) is 29.2 Å². The summed E-state index contributed by atoms with van der Waals surface area (Å²) in [6, 6.07) is 13.1. The lowest BCUT2D eigenvalue weighted by Crippen LogP contribution is -1.91. The molecule has 0 aromatic heterocycles. The van der Waals surface area contributed by atoms with E-state index < -0.39 is 0 Å². The third-order valence-corrected chi connectivity index (χ3v) is 3.85. The zero-order valence-electron chi connectivity index (χ0n) is 10.2. The van der Waals surface area contributed by atoms with Crippen LogP contribution in [0.5, 0.6) is 5.75 Å². The van der Waals surface area contributed by atoms with Crippen LogP contribution in [-0.2, 0) is 12.8 Å². The molecule has 2 aromatic carbocycles. The fourth-order valence-corrected chi connectivity index (χ4v) is 2.90. The van der Waals surface area contributed by atoms with E-state index >= 15 is 0 Å². The molecule has 90 valence electrons. The van der Waals surface area contributed by atoms with Crippen LogP contribution in [0.2, 0.25) is 0 Å². The molecule has 2 nitrogen and oxygen atoms in total. The second-order valence-electron chi connectivity index (χ2n) is 4.94. The highest BCUT2D eigenvalue weighted by Gasteiger charge is 2.18. The molecule has 2 aromatic rings. The zero-order valence-corrected chi connectivity index (χ0v) is 10.2. The summed E-state index contributed by atoms with van der Waals surface area (Å²) in [7, 11) is 0. The SMILES string of the molecule is c1cc2c(c(-c3ccc4c(c3)NCC4)c1)OCC2. The van der Waals surface area contributed by atoms with Crippen molar-refractivity contribution in [2.45, 2.75) is 12.8 Å². The molecule has 2 heteroatoms. The Kier molecular flexibility index (Phi) is 2.10. The first kappa shape index (κ1) is 10.0. The lowest BCUT2D eigenvalue weighted by atomic mass is 9.99. The van der Waals surface area contributed by atoms with Gasteiger partial charge in [0.1, 0.15) is 5.75 Å². The van der Waals surface area contributed by atoms with Gasteiger partial charge in [0.2, 0.25) is 0 Å². The minimum atomic E-state index is 0.815. The van der Waals surface area contributed by atoms with Crippen LogP contribution in [0.15, 0.2) is 36.4 Å². The van der Waals surface area contributed by atoms with Crippen molar-refractivity contribution >= 4 is 5.69 Å². The molecule has 4 rings (SSSR count). The van der Waals surface area contributed by atoms with Gasteiger partial charge in [-0.1, -0.05) is 30.3 Å². The average Bonchev–Trinajstić information content (AvgIpc) is 3.05. The van der Waals surface area contributed by atoms with Gasteiger partial charge < -0.3 is 10.1 Å². The van der Waals surface area contributed by atoms with Crippen LogP contribution < -0.4 is 10.1 Å². The summed E-state index contributed by atoms with van der Waals surface area (Å²) < 4.78 is 5.78. The van der Waals surface area contributed by atoms with Gasteiger partial charge in [0.25, 0.3) is 0 Å². The average molecular weight is 237 g/mol. The minimum absolute atomic E-state index is 0.815. The number of hydrogen-bond donors (Lipinski definition) is 1. The molecule has 0 amide bonds. The predicted octanol–water partition coefficient (Wildman–Crippen LogP) is 3.26. The summed E-state index contributed by atoms with van der Waals surface area (Å²) in [6.07, 6.45) is 2.17. The molecule has 2 aliphatic heterocycles. The maximum absolute atomic E-state index is 5.78. The smallest absolute Gasteiger partial charge is 0.130 e. The normalized spacial score (nSPS) is 15.8. The van der Waals surface area contributed by atoms with E-state index in [4.69, 9.17) is 4.74 Å². The predicted molar refractivity (Wildman–Crippen MR) is 73.3 cm³/mol. The summed E-state index contributed by atoms with van der Waals surface area (Å²) in [4.78, 5) is 0. The summed E-state index contributed by atoms with van der Waals surface area (Å²) in [5, 5.41) is 3.44. The lowest BCUT2D eigenvalue weighted by molar-refractivity contribution is 0.358. The second kappa shape index (κ2) is 3.77. The van der Waals surface area contributed by atoms with Gasteiger partial charge in [-0.25, -0.2) is 0 Å². The van der Waals surface area contributed by atoms with E-state index in [2.05, 4.69) is 41.7 Å². The number of nitrogens with one attached hydrogen (secondary N) is 1. The molecule has 2 aliphatic rings. The number of rotatable bonds is 1. The Morgan fingerprint density at radius 1 is 1.00 bits per heavy atom. The Morgan fingerprint density at radius 2 is 2.00 bits per heavy atom. The maximum Gasteiger partial charge on any atom is 0.130 e. The molecular formula is C16H15NO. The third kappa shape index (κ3) is 1.42. The number of para-hydroxylation sites is 1. The first-order chi connectivity index (χ1) is 8.92. The van der Waals surface area contributed by atoms with Crippen molar-refractivity contribution in [3.05, 3.63) is 47.5 Å². The summed E-state index contributed by atoms with van der Waals surface area (Å²) in [6.45, 7) is 1.87. The lowest BCUT2D eigenvalue weighted by Gasteiger charge is -2.09. The van der Waals surface area contributed by atoms with Gasteiger partial charge in [-0.2, -0.15) is 0 Å². The van der Waals surface area contributed by atoms with Gasteiger partial charge in [-0.3, -0.25) is 0 Å². The summed E-state index contributed by atoms with van der Waals surface area (Å²) in [5.74, 6) is 1.08. The Bertz CT molecular complexity index is 618. The van der Waals surface area contributed by atoms with E-state index in [-0.39, 0.29) is 0 Å². The van der Waals surface area contributed by atoms with E-state index in [0.717, 1.165) is 31.7 Å². The van der Waals surface area contributed by atoms with Gasteiger partial charge >= 0.3 is 0 Å². The molecular weight excluding hydrogens is 222 g/mol. The molecule has 2 heterocycles. The molecule has 0 unspecified atom stereocenters. The molecule has 1 N–H and O–H groups in total. The molecule has 0 bridgehead atoms. The van der Waals surface area contributed by atoms with Crippen LogP contribution in [0.4, 0.5) is 5.69 Å². The number of hydrogen-bond acceptors (Lipinski definition) is 2. The molecule has 0 spiro atoms.